The highest BCUT2D eigenvalue weighted by Crippen LogP contribution is 2.17. The van der Waals surface area contributed by atoms with Gasteiger partial charge in [0.25, 0.3) is 0 Å². The molecule has 1 saturated heterocycles. The summed E-state index contributed by atoms with van der Waals surface area (Å²) in [6.45, 7) is 6.73. The van der Waals surface area contributed by atoms with Crippen LogP contribution < -0.4 is 10.1 Å². The lowest BCUT2D eigenvalue weighted by molar-refractivity contribution is -0.123. The zero-order chi connectivity index (χ0) is 18.4. The van der Waals surface area contributed by atoms with Crippen LogP contribution in [0.1, 0.15) is 18.2 Å². The van der Waals surface area contributed by atoms with Crippen molar-refractivity contribution in [1.82, 2.24) is 15.1 Å². The Labute approximate surface area is 154 Å². The fourth-order valence-electron chi connectivity index (χ4n) is 3.32. The molecular weight excluding hydrogens is 330 g/mol. The summed E-state index contributed by atoms with van der Waals surface area (Å²) in [7, 11) is 1.69. The lowest BCUT2D eigenvalue weighted by Crippen LogP contribution is -2.53. The van der Waals surface area contributed by atoms with Gasteiger partial charge in [0.2, 0.25) is 5.91 Å². The molecule has 6 nitrogen and oxygen atoms in total. The van der Waals surface area contributed by atoms with Gasteiger partial charge in [-0.15, -0.1) is 0 Å². The Morgan fingerprint density at radius 3 is 2.92 bits per heavy atom. The molecule has 0 radical (unpaired) electrons. The van der Waals surface area contributed by atoms with E-state index in [1.54, 1.807) is 13.4 Å². The number of furan rings is 1. The zero-order valence-electron chi connectivity index (χ0n) is 15.5. The molecule has 1 aromatic carbocycles. The summed E-state index contributed by atoms with van der Waals surface area (Å²) in [5, 5.41) is 2.91. The van der Waals surface area contributed by atoms with Crippen LogP contribution in [0.3, 0.4) is 0 Å². The van der Waals surface area contributed by atoms with Crippen molar-refractivity contribution < 1.29 is 13.9 Å². The number of amides is 1. The molecular formula is C20H27N3O3. The molecule has 0 unspecified atom stereocenters. The Morgan fingerprint density at radius 1 is 1.31 bits per heavy atom. The molecule has 0 aliphatic carbocycles. The topological polar surface area (TPSA) is 58.0 Å². The SMILES string of the molecule is COc1cccc(CN2CCN(CC(=O)NCc3ccco3)[C@@H](C)C2)c1. The lowest BCUT2D eigenvalue weighted by atomic mass is 10.1. The van der Waals surface area contributed by atoms with E-state index in [2.05, 4.69) is 34.2 Å². The minimum Gasteiger partial charge on any atom is -0.497 e. The molecule has 1 aromatic heterocycles. The maximum atomic E-state index is 12.2. The second-order valence-electron chi connectivity index (χ2n) is 6.76. The minimum atomic E-state index is 0.0366. The van der Waals surface area contributed by atoms with Crippen LogP contribution in [0.5, 0.6) is 5.75 Å². The number of carbonyl (C=O) groups is 1. The summed E-state index contributed by atoms with van der Waals surface area (Å²) in [6.07, 6.45) is 1.62. The van der Waals surface area contributed by atoms with Gasteiger partial charge in [-0.1, -0.05) is 12.1 Å². The number of methoxy groups -OCH3 is 1. The van der Waals surface area contributed by atoms with Crippen LogP contribution in [-0.2, 0) is 17.9 Å². The summed E-state index contributed by atoms with van der Waals surface area (Å²) in [5.41, 5.74) is 1.25. The van der Waals surface area contributed by atoms with Crippen LogP contribution in [0, 0.1) is 0 Å². The van der Waals surface area contributed by atoms with Gasteiger partial charge in [-0.25, -0.2) is 0 Å². The molecule has 0 saturated carbocycles. The molecule has 6 heteroatoms. The van der Waals surface area contributed by atoms with E-state index in [0.29, 0.717) is 19.1 Å². The molecule has 26 heavy (non-hydrogen) atoms. The number of ether oxygens (including phenoxy) is 1. The molecule has 1 fully saturated rings. The van der Waals surface area contributed by atoms with Crippen LogP contribution in [0.15, 0.2) is 47.1 Å². The standard InChI is InChI=1S/C20H27N3O3/c1-16-13-22(14-17-5-3-6-18(11-17)25-2)8-9-23(16)15-20(24)21-12-19-7-4-10-26-19/h3-7,10-11,16H,8-9,12-15H2,1-2H3,(H,21,24)/t16-/m0/s1. The van der Waals surface area contributed by atoms with Gasteiger partial charge in [0.15, 0.2) is 0 Å². The highest BCUT2D eigenvalue weighted by atomic mass is 16.5. The Balaban J connectivity index is 1.44. The van der Waals surface area contributed by atoms with Gasteiger partial charge in [0.1, 0.15) is 11.5 Å². The van der Waals surface area contributed by atoms with E-state index in [4.69, 9.17) is 9.15 Å². The molecule has 1 aliphatic heterocycles. The van der Waals surface area contributed by atoms with E-state index in [1.165, 1.54) is 5.56 Å². The van der Waals surface area contributed by atoms with Crippen molar-refractivity contribution in [1.29, 1.82) is 0 Å². The molecule has 1 amide bonds. The van der Waals surface area contributed by atoms with Crippen LogP contribution in [0.4, 0.5) is 0 Å². The first-order valence-corrected chi connectivity index (χ1v) is 9.02. The summed E-state index contributed by atoms with van der Waals surface area (Å²) >= 11 is 0. The van der Waals surface area contributed by atoms with Gasteiger partial charge in [0.05, 0.1) is 26.5 Å². The van der Waals surface area contributed by atoms with Crippen molar-refractivity contribution in [3.63, 3.8) is 0 Å². The third-order valence-corrected chi connectivity index (χ3v) is 4.78. The first-order chi connectivity index (χ1) is 12.6. The highest BCUT2D eigenvalue weighted by molar-refractivity contribution is 5.78. The largest absolute Gasteiger partial charge is 0.497 e. The lowest BCUT2D eigenvalue weighted by Gasteiger charge is -2.39. The van der Waals surface area contributed by atoms with E-state index in [0.717, 1.165) is 37.7 Å². The van der Waals surface area contributed by atoms with Crippen molar-refractivity contribution in [3.05, 3.63) is 54.0 Å². The predicted octanol–water partition coefficient (Wildman–Crippen LogP) is 2.11. The first-order valence-electron chi connectivity index (χ1n) is 9.02. The third-order valence-electron chi connectivity index (χ3n) is 4.78. The van der Waals surface area contributed by atoms with Crippen molar-refractivity contribution in [2.75, 3.05) is 33.3 Å². The van der Waals surface area contributed by atoms with Gasteiger partial charge in [-0.3, -0.25) is 14.6 Å². The monoisotopic (exact) mass is 357 g/mol. The van der Waals surface area contributed by atoms with Crippen LogP contribution in [0.2, 0.25) is 0 Å². The van der Waals surface area contributed by atoms with E-state index >= 15 is 0 Å². The molecule has 1 N–H and O–H groups in total. The van der Waals surface area contributed by atoms with Crippen LogP contribution in [0.25, 0.3) is 0 Å². The minimum absolute atomic E-state index is 0.0366. The summed E-state index contributed by atoms with van der Waals surface area (Å²) in [6, 6.07) is 12.2. The summed E-state index contributed by atoms with van der Waals surface area (Å²) < 4.78 is 10.5. The Hall–Kier alpha value is -2.31. The number of hydrogen-bond donors (Lipinski definition) is 1. The molecule has 1 atom stereocenters. The molecule has 0 bridgehead atoms. The molecule has 0 spiro atoms. The summed E-state index contributed by atoms with van der Waals surface area (Å²) in [5.74, 6) is 1.70. The van der Waals surface area contributed by atoms with E-state index in [1.807, 2.05) is 24.3 Å². The van der Waals surface area contributed by atoms with E-state index < -0.39 is 0 Å². The molecule has 3 rings (SSSR count). The highest BCUT2D eigenvalue weighted by Gasteiger charge is 2.25. The van der Waals surface area contributed by atoms with Gasteiger partial charge in [0, 0.05) is 32.2 Å². The van der Waals surface area contributed by atoms with Gasteiger partial charge in [-0.2, -0.15) is 0 Å². The smallest absolute Gasteiger partial charge is 0.234 e. The average molecular weight is 357 g/mol. The number of nitrogens with zero attached hydrogens (tertiary/aromatic N) is 2. The Bertz CT molecular complexity index is 702. The Kier molecular flexibility index (Phi) is 6.30. The first kappa shape index (κ1) is 18.5. The van der Waals surface area contributed by atoms with Crippen LogP contribution >= 0.6 is 0 Å². The number of carbonyl (C=O) groups excluding carboxylic acids is 1. The van der Waals surface area contributed by atoms with E-state index in [9.17, 15) is 4.79 Å². The Morgan fingerprint density at radius 2 is 2.19 bits per heavy atom. The maximum Gasteiger partial charge on any atom is 0.234 e. The van der Waals surface area contributed by atoms with E-state index in [-0.39, 0.29) is 5.91 Å². The van der Waals surface area contributed by atoms with Gasteiger partial charge < -0.3 is 14.5 Å². The van der Waals surface area contributed by atoms with Crippen molar-refractivity contribution in [2.24, 2.45) is 0 Å². The number of benzene rings is 1. The van der Waals surface area contributed by atoms with Crippen molar-refractivity contribution in [2.45, 2.75) is 26.1 Å². The second-order valence-corrected chi connectivity index (χ2v) is 6.76. The quantitative estimate of drug-likeness (QED) is 0.822. The predicted molar refractivity (Wildman–Crippen MR) is 99.9 cm³/mol. The molecule has 2 heterocycles. The second kappa shape index (κ2) is 8.87. The van der Waals surface area contributed by atoms with Gasteiger partial charge >= 0.3 is 0 Å². The summed E-state index contributed by atoms with van der Waals surface area (Å²) in [4.78, 5) is 16.8. The van der Waals surface area contributed by atoms with Crippen LogP contribution in [-0.4, -0.2) is 55.0 Å². The number of piperazine rings is 1. The number of nitrogens with one attached hydrogen (secondary N) is 1. The van der Waals surface area contributed by atoms with Gasteiger partial charge in [-0.05, 0) is 36.8 Å². The van der Waals surface area contributed by atoms with Crippen molar-refractivity contribution in [3.8, 4) is 5.75 Å². The zero-order valence-corrected chi connectivity index (χ0v) is 15.5. The third kappa shape index (κ3) is 5.09. The number of hydrogen-bond acceptors (Lipinski definition) is 5. The average Bonchev–Trinajstić information content (AvgIpc) is 3.16. The molecule has 140 valence electrons. The fourth-order valence-corrected chi connectivity index (χ4v) is 3.32. The molecule has 2 aromatic rings. The molecule has 1 aliphatic rings. The normalized spacial score (nSPS) is 18.6. The fraction of sp³-hybridized carbons (Fsp3) is 0.450. The maximum absolute atomic E-state index is 12.2. The number of rotatable bonds is 7. The van der Waals surface area contributed by atoms with Crippen molar-refractivity contribution >= 4 is 5.91 Å².